The fourth-order valence-corrected chi connectivity index (χ4v) is 3.54. The molecule has 0 bridgehead atoms. The number of non-ortho nitro benzene ring substituents is 1. The van der Waals surface area contributed by atoms with Crippen molar-refractivity contribution < 1.29 is 14.5 Å². The summed E-state index contributed by atoms with van der Waals surface area (Å²) in [7, 11) is 0. The minimum atomic E-state index is -0.444. The summed E-state index contributed by atoms with van der Waals surface area (Å²) in [4.78, 5) is 23.3. The molecule has 6 nitrogen and oxygen atoms in total. The maximum absolute atomic E-state index is 12.2. The van der Waals surface area contributed by atoms with Crippen molar-refractivity contribution in [3.8, 4) is 5.75 Å². The van der Waals surface area contributed by atoms with Gasteiger partial charge < -0.3 is 10.1 Å². The summed E-state index contributed by atoms with van der Waals surface area (Å²) < 4.78 is 5.71. The topological polar surface area (TPSA) is 81.5 Å². The summed E-state index contributed by atoms with van der Waals surface area (Å²) in [5.74, 6) is 0.659. The van der Waals surface area contributed by atoms with Crippen LogP contribution >= 0.6 is 11.8 Å². The first kappa shape index (κ1) is 19.7. The largest absolute Gasteiger partial charge is 0.492 e. The lowest BCUT2D eigenvalue weighted by atomic mass is 10.1. The molecule has 0 saturated heterocycles. The third-order valence-electron chi connectivity index (χ3n) is 4.12. The Morgan fingerprint density at radius 3 is 2.54 bits per heavy atom. The van der Waals surface area contributed by atoms with E-state index in [1.54, 1.807) is 19.1 Å². The first-order valence-corrected chi connectivity index (χ1v) is 9.71. The Bertz CT molecular complexity index is 976. The minimum absolute atomic E-state index is 0.0345. The molecule has 1 atom stereocenters. The monoisotopic (exact) mass is 396 g/mol. The molecule has 3 aromatic carbocycles. The molecule has 1 N–H and O–H groups in total. The van der Waals surface area contributed by atoms with E-state index in [1.807, 2.05) is 42.5 Å². The summed E-state index contributed by atoms with van der Waals surface area (Å²) in [6.45, 7) is 2.57. The highest BCUT2D eigenvalue weighted by atomic mass is 32.2. The van der Waals surface area contributed by atoms with E-state index in [1.165, 1.54) is 23.9 Å². The molecule has 28 heavy (non-hydrogen) atoms. The lowest BCUT2D eigenvalue weighted by molar-refractivity contribution is -0.384. The van der Waals surface area contributed by atoms with Gasteiger partial charge >= 0.3 is 0 Å². The third-order valence-corrected chi connectivity index (χ3v) is 5.23. The van der Waals surface area contributed by atoms with Crippen molar-refractivity contribution in [1.82, 2.24) is 5.32 Å². The number of hydrogen-bond donors (Lipinski definition) is 1. The Kier molecular flexibility index (Phi) is 6.49. The second-order valence-corrected chi connectivity index (χ2v) is 7.57. The molecule has 0 saturated carbocycles. The van der Waals surface area contributed by atoms with E-state index < -0.39 is 4.92 Å². The normalized spacial score (nSPS) is 11.8. The second kappa shape index (κ2) is 9.23. The molecule has 1 unspecified atom stereocenters. The molecular weight excluding hydrogens is 376 g/mol. The predicted octanol–water partition coefficient (Wildman–Crippen LogP) is 4.42. The van der Waals surface area contributed by atoms with Gasteiger partial charge in [0.2, 0.25) is 5.91 Å². The number of hydrogen-bond acceptors (Lipinski definition) is 5. The average Bonchev–Trinajstić information content (AvgIpc) is 2.71. The van der Waals surface area contributed by atoms with E-state index in [9.17, 15) is 14.9 Å². The Hall–Kier alpha value is -3.06. The number of thioether (sulfide) groups is 1. The number of carbonyl (C=O) groups excluding carboxylic acids is 1. The van der Waals surface area contributed by atoms with Gasteiger partial charge in [0.05, 0.1) is 16.7 Å². The summed E-state index contributed by atoms with van der Waals surface area (Å²) in [6.07, 6.45) is 0. The fourth-order valence-electron chi connectivity index (χ4n) is 2.65. The summed E-state index contributed by atoms with van der Waals surface area (Å²) in [5.41, 5.74) is 0.0345. The average molecular weight is 396 g/mol. The lowest BCUT2D eigenvalue weighted by Crippen LogP contribution is -2.33. The molecule has 7 heteroatoms. The maximum Gasteiger partial charge on any atom is 0.269 e. The number of nitro benzene ring substituents is 1. The molecule has 144 valence electrons. The van der Waals surface area contributed by atoms with Crippen LogP contribution in [0.25, 0.3) is 10.8 Å². The number of nitrogens with zero attached hydrogens (tertiary/aromatic N) is 1. The zero-order valence-corrected chi connectivity index (χ0v) is 16.1. The summed E-state index contributed by atoms with van der Waals surface area (Å²) >= 11 is 1.35. The van der Waals surface area contributed by atoms with Crippen LogP contribution in [0.1, 0.15) is 6.92 Å². The number of nitro groups is 1. The van der Waals surface area contributed by atoms with Crippen molar-refractivity contribution >= 4 is 34.1 Å². The standard InChI is InChI=1S/C21H20N2O4S/c1-15(28-20-10-7-18(8-11-20)23(25)26)21(24)22-12-13-27-19-9-6-16-4-2-3-5-17(16)14-19/h2-11,14-15H,12-13H2,1H3,(H,22,24). The van der Waals surface area contributed by atoms with Gasteiger partial charge in [0.1, 0.15) is 12.4 Å². The molecule has 0 fully saturated rings. The quantitative estimate of drug-likeness (QED) is 0.264. The number of carbonyl (C=O) groups is 1. The van der Waals surface area contributed by atoms with Crippen LogP contribution in [-0.4, -0.2) is 29.2 Å². The van der Waals surface area contributed by atoms with Crippen LogP contribution in [0.2, 0.25) is 0 Å². The first-order chi connectivity index (χ1) is 13.5. The lowest BCUT2D eigenvalue weighted by Gasteiger charge is -2.13. The van der Waals surface area contributed by atoms with Gasteiger partial charge in [-0.1, -0.05) is 30.3 Å². The highest BCUT2D eigenvalue weighted by Crippen LogP contribution is 2.25. The van der Waals surface area contributed by atoms with Crippen LogP contribution in [0.3, 0.4) is 0 Å². The van der Waals surface area contributed by atoms with Gasteiger partial charge in [-0.3, -0.25) is 14.9 Å². The zero-order chi connectivity index (χ0) is 19.9. The van der Waals surface area contributed by atoms with Crippen LogP contribution in [0.5, 0.6) is 5.75 Å². The Morgan fingerprint density at radius 1 is 1.11 bits per heavy atom. The van der Waals surface area contributed by atoms with Gasteiger partial charge in [0.15, 0.2) is 0 Å². The Labute approximate surface area is 167 Å². The van der Waals surface area contributed by atoms with Gasteiger partial charge in [-0.05, 0) is 42.0 Å². The zero-order valence-electron chi connectivity index (χ0n) is 15.3. The maximum atomic E-state index is 12.2. The molecule has 0 aliphatic heterocycles. The molecule has 0 spiro atoms. The molecular formula is C21H20N2O4S. The van der Waals surface area contributed by atoms with Crippen molar-refractivity contribution in [1.29, 1.82) is 0 Å². The minimum Gasteiger partial charge on any atom is -0.492 e. The van der Waals surface area contributed by atoms with Crippen molar-refractivity contribution in [3.63, 3.8) is 0 Å². The van der Waals surface area contributed by atoms with Crippen molar-refractivity contribution in [2.45, 2.75) is 17.1 Å². The van der Waals surface area contributed by atoms with Crippen LogP contribution in [0.15, 0.2) is 71.6 Å². The molecule has 0 aliphatic carbocycles. The van der Waals surface area contributed by atoms with E-state index >= 15 is 0 Å². The number of amides is 1. The number of nitrogens with one attached hydrogen (secondary N) is 1. The predicted molar refractivity (Wildman–Crippen MR) is 111 cm³/mol. The molecule has 0 radical (unpaired) electrons. The van der Waals surface area contributed by atoms with E-state index in [4.69, 9.17) is 4.74 Å². The SMILES string of the molecule is CC(Sc1ccc([N+](=O)[O-])cc1)C(=O)NCCOc1ccc2ccccc2c1. The molecule has 0 aromatic heterocycles. The second-order valence-electron chi connectivity index (χ2n) is 6.16. The van der Waals surface area contributed by atoms with Gasteiger partial charge in [-0.15, -0.1) is 11.8 Å². The number of ether oxygens (including phenoxy) is 1. The molecule has 3 aromatic rings. The Balaban J connectivity index is 1.43. The van der Waals surface area contributed by atoms with E-state index in [-0.39, 0.29) is 16.8 Å². The van der Waals surface area contributed by atoms with Crippen LogP contribution in [0.4, 0.5) is 5.69 Å². The fraction of sp³-hybridized carbons (Fsp3) is 0.190. The van der Waals surface area contributed by atoms with E-state index in [0.29, 0.717) is 13.2 Å². The number of rotatable bonds is 8. The molecule has 0 aliphatic rings. The van der Waals surface area contributed by atoms with Crippen molar-refractivity contribution in [2.24, 2.45) is 0 Å². The van der Waals surface area contributed by atoms with Gasteiger partial charge in [-0.25, -0.2) is 0 Å². The van der Waals surface area contributed by atoms with Crippen LogP contribution < -0.4 is 10.1 Å². The van der Waals surface area contributed by atoms with Gasteiger partial charge in [0.25, 0.3) is 5.69 Å². The van der Waals surface area contributed by atoms with Crippen molar-refractivity contribution in [3.05, 3.63) is 76.8 Å². The molecule has 0 heterocycles. The number of fused-ring (bicyclic) bond motifs is 1. The number of benzene rings is 3. The van der Waals surface area contributed by atoms with Crippen LogP contribution in [-0.2, 0) is 4.79 Å². The Morgan fingerprint density at radius 2 is 1.82 bits per heavy atom. The highest BCUT2D eigenvalue weighted by Gasteiger charge is 2.14. The van der Waals surface area contributed by atoms with Crippen molar-refractivity contribution in [2.75, 3.05) is 13.2 Å². The smallest absolute Gasteiger partial charge is 0.269 e. The first-order valence-electron chi connectivity index (χ1n) is 8.83. The highest BCUT2D eigenvalue weighted by molar-refractivity contribution is 8.00. The summed E-state index contributed by atoms with van der Waals surface area (Å²) in [5, 5.41) is 15.5. The van der Waals surface area contributed by atoms with Gasteiger partial charge in [0, 0.05) is 17.0 Å². The van der Waals surface area contributed by atoms with Crippen LogP contribution in [0, 0.1) is 10.1 Å². The summed E-state index contributed by atoms with van der Waals surface area (Å²) in [6, 6.07) is 20.1. The molecule has 3 rings (SSSR count). The van der Waals surface area contributed by atoms with E-state index in [0.717, 1.165) is 21.4 Å². The molecule has 1 amide bonds. The third kappa shape index (κ3) is 5.23. The van der Waals surface area contributed by atoms with Gasteiger partial charge in [-0.2, -0.15) is 0 Å². The van der Waals surface area contributed by atoms with E-state index in [2.05, 4.69) is 5.32 Å².